The first-order chi connectivity index (χ1) is 9.38. The monoisotopic (exact) mass is 425 g/mol. The van der Waals surface area contributed by atoms with E-state index in [2.05, 4.69) is 35.7 Å². The Labute approximate surface area is 148 Å². The summed E-state index contributed by atoms with van der Waals surface area (Å²) in [7, 11) is 1.73. The molecule has 0 unspecified atom stereocenters. The summed E-state index contributed by atoms with van der Waals surface area (Å²) in [6.07, 6.45) is 2.09. The molecule has 2 N–H and O–H groups in total. The van der Waals surface area contributed by atoms with E-state index in [0.717, 1.165) is 18.1 Å². The van der Waals surface area contributed by atoms with Crippen molar-refractivity contribution in [3.63, 3.8) is 0 Å². The van der Waals surface area contributed by atoms with E-state index < -0.39 is 0 Å². The third-order valence-electron chi connectivity index (χ3n) is 3.15. The Bertz CT molecular complexity index is 478. The van der Waals surface area contributed by atoms with Crippen molar-refractivity contribution in [2.24, 2.45) is 4.99 Å². The van der Waals surface area contributed by atoms with Gasteiger partial charge in [0.2, 0.25) is 0 Å². The van der Waals surface area contributed by atoms with Crippen molar-refractivity contribution in [2.75, 3.05) is 19.8 Å². The molecule has 0 bridgehead atoms. The average molecular weight is 425 g/mol. The summed E-state index contributed by atoms with van der Waals surface area (Å²) in [5.41, 5.74) is 1.57. The van der Waals surface area contributed by atoms with Crippen LogP contribution in [0.1, 0.15) is 25.0 Å². The smallest absolute Gasteiger partial charge is 0.191 e. The van der Waals surface area contributed by atoms with E-state index >= 15 is 0 Å². The van der Waals surface area contributed by atoms with Crippen molar-refractivity contribution in [1.29, 1.82) is 0 Å². The fourth-order valence-corrected chi connectivity index (χ4v) is 1.74. The van der Waals surface area contributed by atoms with Gasteiger partial charge in [-0.1, -0.05) is 12.1 Å². The van der Waals surface area contributed by atoms with Gasteiger partial charge in [-0.2, -0.15) is 11.8 Å². The molecular weight excluding hydrogens is 400 g/mol. The van der Waals surface area contributed by atoms with Gasteiger partial charge >= 0.3 is 0 Å². The molecule has 1 rings (SSSR count). The van der Waals surface area contributed by atoms with Gasteiger partial charge in [-0.15, -0.1) is 24.0 Å². The molecule has 0 atom stereocenters. The highest BCUT2D eigenvalue weighted by Crippen LogP contribution is 2.19. The van der Waals surface area contributed by atoms with Gasteiger partial charge in [-0.25, -0.2) is 4.39 Å². The quantitative estimate of drug-likeness (QED) is 0.431. The van der Waals surface area contributed by atoms with Crippen LogP contribution in [0.3, 0.4) is 0 Å². The maximum absolute atomic E-state index is 13.5. The fraction of sp³-hybridized carbons (Fsp3) is 0.533. The standard InChI is InChI=1S/C15H24FN3S.HI/c1-11-6-7-12(8-13(11)16)9-18-14(17-4)19-10-15(2,3)20-5;/h6-8H,9-10H2,1-5H3,(H2,17,18,19);1H. The Kier molecular flexibility index (Phi) is 9.28. The molecule has 6 heteroatoms. The molecule has 0 aliphatic carbocycles. The van der Waals surface area contributed by atoms with Gasteiger partial charge in [0.15, 0.2) is 5.96 Å². The SMILES string of the molecule is CN=C(NCc1ccc(C)c(F)c1)NCC(C)(C)SC.I. The number of hydrogen-bond donors (Lipinski definition) is 2. The summed E-state index contributed by atoms with van der Waals surface area (Å²) in [6.45, 7) is 7.48. The van der Waals surface area contributed by atoms with E-state index in [-0.39, 0.29) is 34.5 Å². The van der Waals surface area contributed by atoms with Crippen LogP contribution in [-0.4, -0.2) is 30.6 Å². The third kappa shape index (κ3) is 7.35. The Balaban J connectivity index is 0.00000400. The highest BCUT2D eigenvalue weighted by atomic mass is 127. The number of guanidine groups is 1. The highest BCUT2D eigenvalue weighted by Gasteiger charge is 2.16. The number of rotatable bonds is 5. The maximum atomic E-state index is 13.5. The summed E-state index contributed by atoms with van der Waals surface area (Å²) in [4.78, 5) is 4.17. The van der Waals surface area contributed by atoms with E-state index in [1.807, 2.05) is 6.07 Å². The van der Waals surface area contributed by atoms with Crippen LogP contribution in [0.5, 0.6) is 0 Å². The van der Waals surface area contributed by atoms with Crippen LogP contribution in [0, 0.1) is 12.7 Å². The molecule has 0 saturated carbocycles. The van der Waals surface area contributed by atoms with Gasteiger partial charge in [0.1, 0.15) is 5.82 Å². The average Bonchev–Trinajstić information content (AvgIpc) is 2.42. The number of thioether (sulfide) groups is 1. The summed E-state index contributed by atoms with van der Waals surface area (Å²) in [6, 6.07) is 5.27. The number of nitrogens with one attached hydrogen (secondary N) is 2. The van der Waals surface area contributed by atoms with E-state index in [1.54, 1.807) is 37.9 Å². The van der Waals surface area contributed by atoms with Crippen molar-refractivity contribution in [2.45, 2.75) is 32.1 Å². The van der Waals surface area contributed by atoms with Gasteiger partial charge in [0.25, 0.3) is 0 Å². The Morgan fingerprint density at radius 3 is 2.52 bits per heavy atom. The number of aliphatic imine (C=N–C) groups is 1. The number of hydrogen-bond acceptors (Lipinski definition) is 2. The molecule has 0 saturated heterocycles. The lowest BCUT2D eigenvalue weighted by Crippen LogP contribution is -2.43. The van der Waals surface area contributed by atoms with Crippen molar-refractivity contribution >= 4 is 41.7 Å². The van der Waals surface area contributed by atoms with E-state index in [9.17, 15) is 4.39 Å². The second-order valence-electron chi connectivity index (χ2n) is 5.33. The zero-order valence-electron chi connectivity index (χ0n) is 13.3. The maximum Gasteiger partial charge on any atom is 0.191 e. The topological polar surface area (TPSA) is 36.4 Å². The predicted octanol–water partition coefficient (Wildman–Crippen LogP) is 3.56. The van der Waals surface area contributed by atoms with E-state index in [4.69, 9.17) is 0 Å². The molecule has 1 aromatic rings. The van der Waals surface area contributed by atoms with Gasteiger partial charge in [-0.3, -0.25) is 4.99 Å². The minimum absolute atomic E-state index is 0. The number of halogens is 2. The molecule has 0 radical (unpaired) electrons. The normalized spacial score (nSPS) is 11.8. The highest BCUT2D eigenvalue weighted by molar-refractivity contribution is 14.0. The molecule has 0 amide bonds. The second kappa shape index (κ2) is 9.50. The summed E-state index contributed by atoms with van der Waals surface area (Å²) in [5, 5.41) is 6.47. The molecule has 0 fully saturated rings. The van der Waals surface area contributed by atoms with Crippen LogP contribution in [0.4, 0.5) is 4.39 Å². The number of aryl methyl sites for hydroxylation is 1. The van der Waals surface area contributed by atoms with Crippen LogP contribution in [0.15, 0.2) is 23.2 Å². The lowest BCUT2D eigenvalue weighted by atomic mass is 10.1. The summed E-state index contributed by atoms with van der Waals surface area (Å²) in [5.74, 6) is 0.559. The molecule has 0 aromatic heterocycles. The van der Waals surface area contributed by atoms with Crippen LogP contribution in [0.25, 0.3) is 0 Å². The zero-order valence-corrected chi connectivity index (χ0v) is 16.4. The fourth-order valence-electron chi connectivity index (χ4n) is 1.52. The first kappa shape index (κ1) is 20.5. The van der Waals surface area contributed by atoms with Crippen molar-refractivity contribution in [1.82, 2.24) is 10.6 Å². The van der Waals surface area contributed by atoms with Crippen LogP contribution < -0.4 is 10.6 Å². The molecule has 21 heavy (non-hydrogen) atoms. The minimum atomic E-state index is -0.171. The Morgan fingerprint density at radius 2 is 2.00 bits per heavy atom. The Hall–Kier alpha value is -0.500. The molecule has 0 aliphatic rings. The molecular formula is C15H25FIN3S. The predicted molar refractivity (Wildman–Crippen MR) is 102 cm³/mol. The third-order valence-corrected chi connectivity index (χ3v) is 4.40. The molecule has 0 aliphatic heterocycles. The van der Waals surface area contributed by atoms with Crippen LogP contribution in [-0.2, 0) is 6.54 Å². The van der Waals surface area contributed by atoms with Crippen molar-refractivity contribution in [3.8, 4) is 0 Å². The van der Waals surface area contributed by atoms with E-state index in [0.29, 0.717) is 12.1 Å². The van der Waals surface area contributed by atoms with Gasteiger partial charge < -0.3 is 10.6 Å². The van der Waals surface area contributed by atoms with Crippen molar-refractivity contribution < 1.29 is 4.39 Å². The largest absolute Gasteiger partial charge is 0.355 e. The first-order valence-electron chi connectivity index (χ1n) is 6.62. The van der Waals surface area contributed by atoms with Gasteiger partial charge in [-0.05, 0) is 44.2 Å². The van der Waals surface area contributed by atoms with Crippen LogP contribution >= 0.6 is 35.7 Å². The zero-order chi connectivity index (χ0) is 15.2. The summed E-state index contributed by atoms with van der Waals surface area (Å²) < 4.78 is 13.6. The van der Waals surface area contributed by atoms with Gasteiger partial charge in [0.05, 0.1) is 0 Å². The Morgan fingerprint density at radius 1 is 1.33 bits per heavy atom. The lowest BCUT2D eigenvalue weighted by Gasteiger charge is -2.23. The lowest BCUT2D eigenvalue weighted by molar-refractivity contribution is 0.615. The minimum Gasteiger partial charge on any atom is -0.355 e. The second-order valence-corrected chi connectivity index (χ2v) is 6.84. The number of benzene rings is 1. The van der Waals surface area contributed by atoms with Crippen LogP contribution in [0.2, 0.25) is 0 Å². The van der Waals surface area contributed by atoms with E-state index in [1.165, 1.54) is 0 Å². The number of nitrogens with zero attached hydrogens (tertiary/aromatic N) is 1. The van der Waals surface area contributed by atoms with Crippen molar-refractivity contribution in [3.05, 3.63) is 35.1 Å². The molecule has 120 valence electrons. The molecule has 1 aromatic carbocycles. The summed E-state index contributed by atoms with van der Waals surface area (Å²) >= 11 is 1.80. The first-order valence-corrected chi connectivity index (χ1v) is 7.85. The molecule has 0 heterocycles. The van der Waals surface area contributed by atoms with Gasteiger partial charge in [0, 0.05) is 24.9 Å². The molecule has 0 spiro atoms. The molecule has 3 nitrogen and oxygen atoms in total.